The number of rotatable bonds is 4. The Kier molecular flexibility index (Phi) is 3.82. The molecular weight excluding hydrogens is 256 g/mol. The molecule has 0 spiro atoms. The summed E-state index contributed by atoms with van der Waals surface area (Å²) < 4.78 is 1.26. The van der Waals surface area contributed by atoms with Crippen molar-refractivity contribution >= 4 is 21.6 Å². The van der Waals surface area contributed by atoms with Gasteiger partial charge in [-0.25, -0.2) is 4.98 Å². The second kappa shape index (κ2) is 5.57. The molecule has 2 aromatic rings. The van der Waals surface area contributed by atoms with Crippen LogP contribution in [-0.2, 0) is 0 Å². The lowest BCUT2D eigenvalue weighted by Gasteiger charge is -2.24. The van der Waals surface area contributed by atoms with E-state index in [-0.39, 0.29) is 6.10 Å². The molecule has 4 heteroatoms. The number of aliphatic hydroxyl groups excluding tert-OH is 1. The van der Waals surface area contributed by atoms with Crippen molar-refractivity contribution in [2.45, 2.75) is 38.3 Å². The van der Waals surface area contributed by atoms with Gasteiger partial charge >= 0.3 is 0 Å². The summed E-state index contributed by atoms with van der Waals surface area (Å²) in [7, 11) is 0. The number of thiazole rings is 1. The predicted octanol–water partition coefficient (Wildman–Crippen LogP) is 3.20. The fraction of sp³-hybridized carbons (Fsp3) is 0.533. The van der Waals surface area contributed by atoms with E-state index >= 15 is 0 Å². The SMILES string of the molecule is CCC(O)CN1CCCC1c1nc2ccccc2s1. The number of hydrogen-bond acceptors (Lipinski definition) is 4. The smallest absolute Gasteiger partial charge is 0.111 e. The topological polar surface area (TPSA) is 36.4 Å². The van der Waals surface area contributed by atoms with Gasteiger partial charge in [0.05, 0.1) is 22.4 Å². The Hall–Kier alpha value is -0.970. The Morgan fingerprint density at radius 2 is 2.32 bits per heavy atom. The van der Waals surface area contributed by atoms with Crippen molar-refractivity contribution in [3.05, 3.63) is 29.3 Å². The molecule has 2 atom stereocenters. The average molecular weight is 276 g/mol. The number of fused-ring (bicyclic) bond motifs is 1. The van der Waals surface area contributed by atoms with Crippen molar-refractivity contribution in [1.29, 1.82) is 0 Å². The quantitative estimate of drug-likeness (QED) is 0.931. The first-order valence-corrected chi connectivity index (χ1v) is 7.87. The maximum absolute atomic E-state index is 9.86. The molecule has 102 valence electrons. The van der Waals surface area contributed by atoms with E-state index in [9.17, 15) is 5.11 Å². The Balaban J connectivity index is 1.83. The number of likely N-dealkylation sites (tertiary alicyclic amines) is 1. The molecule has 0 saturated carbocycles. The van der Waals surface area contributed by atoms with E-state index in [0.29, 0.717) is 6.04 Å². The third-order valence-corrected chi connectivity index (χ3v) is 5.01. The first-order chi connectivity index (χ1) is 9.28. The summed E-state index contributed by atoms with van der Waals surface area (Å²) in [6.45, 7) is 3.89. The van der Waals surface area contributed by atoms with Gasteiger partial charge in [0.1, 0.15) is 5.01 Å². The molecule has 1 N–H and O–H groups in total. The third kappa shape index (κ3) is 2.66. The molecule has 1 aromatic carbocycles. The van der Waals surface area contributed by atoms with Crippen LogP contribution in [0.1, 0.15) is 37.2 Å². The number of benzene rings is 1. The standard InChI is InChI=1S/C15H20N2OS/c1-2-11(18)10-17-9-5-7-13(17)15-16-12-6-3-4-8-14(12)19-15/h3-4,6,8,11,13,18H,2,5,7,9-10H2,1H3. The lowest BCUT2D eigenvalue weighted by atomic mass is 10.2. The minimum Gasteiger partial charge on any atom is -0.392 e. The minimum absolute atomic E-state index is 0.213. The number of aliphatic hydroxyl groups is 1. The van der Waals surface area contributed by atoms with Crippen LogP contribution in [0, 0.1) is 0 Å². The molecular formula is C15H20N2OS. The second-order valence-corrected chi connectivity index (χ2v) is 6.30. The number of aromatic nitrogens is 1. The molecule has 0 amide bonds. The van der Waals surface area contributed by atoms with Crippen molar-refractivity contribution in [2.75, 3.05) is 13.1 Å². The number of nitrogens with zero attached hydrogens (tertiary/aromatic N) is 2. The number of β-amino-alcohol motifs (C(OH)–C–C–N with tert-alkyl or cyclic N) is 1. The predicted molar refractivity (Wildman–Crippen MR) is 79.5 cm³/mol. The van der Waals surface area contributed by atoms with Gasteiger partial charge in [-0.2, -0.15) is 0 Å². The van der Waals surface area contributed by atoms with Crippen LogP contribution in [0.2, 0.25) is 0 Å². The molecule has 19 heavy (non-hydrogen) atoms. The molecule has 1 aliphatic heterocycles. The lowest BCUT2D eigenvalue weighted by Crippen LogP contribution is -2.31. The monoisotopic (exact) mass is 276 g/mol. The molecule has 0 aliphatic carbocycles. The van der Waals surface area contributed by atoms with Crippen LogP contribution in [0.5, 0.6) is 0 Å². The highest BCUT2D eigenvalue weighted by atomic mass is 32.1. The molecule has 0 bridgehead atoms. The van der Waals surface area contributed by atoms with E-state index in [0.717, 1.165) is 31.4 Å². The van der Waals surface area contributed by atoms with Gasteiger partial charge in [0, 0.05) is 6.54 Å². The molecule has 1 fully saturated rings. The van der Waals surface area contributed by atoms with Gasteiger partial charge in [-0.3, -0.25) is 4.90 Å². The van der Waals surface area contributed by atoms with Gasteiger partial charge in [-0.05, 0) is 37.9 Å². The Bertz CT molecular complexity index is 521. The molecule has 3 nitrogen and oxygen atoms in total. The zero-order valence-electron chi connectivity index (χ0n) is 11.2. The largest absolute Gasteiger partial charge is 0.392 e. The zero-order valence-corrected chi connectivity index (χ0v) is 12.1. The molecule has 2 heterocycles. The first kappa shape index (κ1) is 13.0. The summed E-state index contributed by atoms with van der Waals surface area (Å²) in [4.78, 5) is 7.17. The van der Waals surface area contributed by atoms with Crippen molar-refractivity contribution in [2.24, 2.45) is 0 Å². The van der Waals surface area contributed by atoms with Crippen molar-refractivity contribution < 1.29 is 5.11 Å². The Labute approximate surface area is 117 Å². The normalized spacial score (nSPS) is 22.1. The van der Waals surface area contributed by atoms with E-state index in [2.05, 4.69) is 23.1 Å². The molecule has 1 aliphatic rings. The van der Waals surface area contributed by atoms with Gasteiger partial charge in [0.15, 0.2) is 0 Å². The van der Waals surface area contributed by atoms with Crippen LogP contribution >= 0.6 is 11.3 Å². The van der Waals surface area contributed by atoms with E-state index < -0.39 is 0 Å². The van der Waals surface area contributed by atoms with Crippen molar-refractivity contribution in [1.82, 2.24) is 9.88 Å². The van der Waals surface area contributed by atoms with Gasteiger partial charge in [0.25, 0.3) is 0 Å². The summed E-state index contributed by atoms with van der Waals surface area (Å²) in [5, 5.41) is 11.1. The maximum Gasteiger partial charge on any atom is 0.111 e. The lowest BCUT2D eigenvalue weighted by molar-refractivity contribution is 0.103. The molecule has 1 saturated heterocycles. The molecule has 3 rings (SSSR count). The summed E-state index contributed by atoms with van der Waals surface area (Å²) in [6, 6.07) is 8.72. The zero-order chi connectivity index (χ0) is 13.2. The molecule has 1 aromatic heterocycles. The fourth-order valence-corrected chi connectivity index (χ4v) is 3.89. The molecule has 2 unspecified atom stereocenters. The Morgan fingerprint density at radius 1 is 1.47 bits per heavy atom. The van der Waals surface area contributed by atoms with Gasteiger partial charge in [0.2, 0.25) is 0 Å². The van der Waals surface area contributed by atoms with E-state index in [1.54, 1.807) is 11.3 Å². The number of hydrogen-bond donors (Lipinski definition) is 1. The van der Waals surface area contributed by atoms with Crippen LogP contribution in [0.25, 0.3) is 10.2 Å². The van der Waals surface area contributed by atoms with Gasteiger partial charge < -0.3 is 5.11 Å². The van der Waals surface area contributed by atoms with Crippen molar-refractivity contribution in [3.63, 3.8) is 0 Å². The summed E-state index contributed by atoms with van der Waals surface area (Å²) >= 11 is 1.80. The third-order valence-electron chi connectivity index (χ3n) is 3.88. The fourth-order valence-electron chi connectivity index (χ4n) is 2.76. The Morgan fingerprint density at radius 3 is 3.11 bits per heavy atom. The number of para-hydroxylation sites is 1. The van der Waals surface area contributed by atoms with Crippen LogP contribution < -0.4 is 0 Å². The highest BCUT2D eigenvalue weighted by Gasteiger charge is 2.29. The van der Waals surface area contributed by atoms with E-state index in [1.165, 1.54) is 16.1 Å². The average Bonchev–Trinajstić information content (AvgIpc) is 3.03. The highest BCUT2D eigenvalue weighted by molar-refractivity contribution is 7.18. The molecule has 0 radical (unpaired) electrons. The maximum atomic E-state index is 9.86. The summed E-state index contributed by atoms with van der Waals surface area (Å²) in [6.07, 6.45) is 2.98. The summed E-state index contributed by atoms with van der Waals surface area (Å²) in [5.74, 6) is 0. The minimum atomic E-state index is -0.213. The van der Waals surface area contributed by atoms with E-state index in [4.69, 9.17) is 4.98 Å². The van der Waals surface area contributed by atoms with Crippen LogP contribution in [0.3, 0.4) is 0 Å². The second-order valence-electron chi connectivity index (χ2n) is 5.23. The van der Waals surface area contributed by atoms with E-state index in [1.807, 2.05) is 13.0 Å². The summed E-state index contributed by atoms with van der Waals surface area (Å²) in [5.41, 5.74) is 1.10. The van der Waals surface area contributed by atoms with Crippen LogP contribution in [0.4, 0.5) is 0 Å². The van der Waals surface area contributed by atoms with Crippen LogP contribution in [-0.4, -0.2) is 34.2 Å². The van der Waals surface area contributed by atoms with Gasteiger partial charge in [-0.1, -0.05) is 19.1 Å². The van der Waals surface area contributed by atoms with Gasteiger partial charge in [-0.15, -0.1) is 11.3 Å². The first-order valence-electron chi connectivity index (χ1n) is 7.05. The highest BCUT2D eigenvalue weighted by Crippen LogP contribution is 2.36. The van der Waals surface area contributed by atoms with Crippen molar-refractivity contribution in [3.8, 4) is 0 Å². The van der Waals surface area contributed by atoms with Crippen LogP contribution in [0.15, 0.2) is 24.3 Å².